The van der Waals surface area contributed by atoms with Gasteiger partial charge in [-0.3, -0.25) is 14.4 Å². The zero-order chi connectivity index (χ0) is 34.3. The first-order chi connectivity index (χ1) is 23.7. The van der Waals surface area contributed by atoms with E-state index in [1.807, 2.05) is 55.5 Å². The summed E-state index contributed by atoms with van der Waals surface area (Å²) in [5.74, 6) is -2.10. The summed E-state index contributed by atoms with van der Waals surface area (Å²) in [6.45, 7) is 2.01. The Kier molecular flexibility index (Phi) is 10.5. The molecule has 0 radical (unpaired) electrons. The van der Waals surface area contributed by atoms with Crippen LogP contribution in [0.4, 0.5) is 15.2 Å². The molecule has 0 aliphatic rings. The highest BCUT2D eigenvalue weighted by Gasteiger charge is 2.24. The van der Waals surface area contributed by atoms with E-state index >= 15 is 0 Å². The lowest BCUT2D eigenvalue weighted by molar-refractivity contribution is -0.116. The number of thioether (sulfide) groups is 1. The lowest BCUT2D eigenvalue weighted by Gasteiger charge is -2.17. The Labute approximate surface area is 295 Å². The molecule has 244 valence electrons. The maximum absolute atomic E-state index is 14.7. The molecule has 0 aliphatic carbocycles. The number of carbonyl (C=O) groups excluding carboxylic acids is 3. The molecular formula is C38H28ClFN4O3S2. The molecular weight excluding hydrogens is 679 g/mol. The number of carbonyl (C=O) groups is 3. The summed E-state index contributed by atoms with van der Waals surface area (Å²) in [7, 11) is 0. The first-order valence-electron chi connectivity index (χ1n) is 15.1. The van der Waals surface area contributed by atoms with Crippen LogP contribution in [0.25, 0.3) is 16.3 Å². The van der Waals surface area contributed by atoms with Gasteiger partial charge >= 0.3 is 0 Å². The maximum Gasteiger partial charge on any atom is 0.272 e. The molecule has 6 rings (SSSR count). The minimum Gasteiger partial charge on any atom is -0.321 e. The molecule has 3 amide bonds. The normalized spacial score (nSPS) is 11.9. The second-order valence-corrected chi connectivity index (χ2v) is 13.5. The molecule has 3 N–H and O–H groups in total. The quantitative estimate of drug-likeness (QED) is 0.0974. The second kappa shape index (κ2) is 15.3. The van der Waals surface area contributed by atoms with Crippen LogP contribution in [0, 0.1) is 12.7 Å². The maximum atomic E-state index is 14.7. The highest BCUT2D eigenvalue weighted by Crippen LogP contribution is 2.37. The molecule has 0 spiro atoms. The number of anilines is 2. The van der Waals surface area contributed by atoms with Crippen LogP contribution in [0.15, 0.2) is 132 Å². The third-order valence-electron chi connectivity index (χ3n) is 7.30. The molecule has 0 fully saturated rings. The molecule has 6 aromatic rings. The minimum atomic E-state index is -0.684. The minimum absolute atomic E-state index is 0.0411. The summed E-state index contributed by atoms with van der Waals surface area (Å²) >= 11 is 9.00. The number of halogens is 2. The number of hydrogen-bond acceptors (Lipinski definition) is 6. The van der Waals surface area contributed by atoms with Crippen LogP contribution in [0.5, 0.6) is 0 Å². The smallest absolute Gasteiger partial charge is 0.272 e. The Morgan fingerprint density at radius 1 is 0.857 bits per heavy atom. The first-order valence-corrected chi connectivity index (χ1v) is 17.1. The molecule has 5 aromatic carbocycles. The van der Waals surface area contributed by atoms with E-state index in [-0.39, 0.29) is 22.2 Å². The highest BCUT2D eigenvalue weighted by atomic mass is 35.5. The highest BCUT2D eigenvalue weighted by molar-refractivity contribution is 8.00. The summed E-state index contributed by atoms with van der Waals surface area (Å²) in [5, 5.41) is 8.34. The van der Waals surface area contributed by atoms with Crippen molar-refractivity contribution in [1.82, 2.24) is 10.3 Å². The Bertz CT molecular complexity index is 2150. The summed E-state index contributed by atoms with van der Waals surface area (Å²) in [5.41, 5.74) is 3.24. The van der Waals surface area contributed by atoms with Gasteiger partial charge in [-0.2, -0.15) is 0 Å². The fraction of sp³-hybridized carbons (Fsp3) is 0.0526. The van der Waals surface area contributed by atoms with Gasteiger partial charge in [-0.25, -0.2) is 9.37 Å². The van der Waals surface area contributed by atoms with Gasteiger partial charge in [-0.1, -0.05) is 83.6 Å². The van der Waals surface area contributed by atoms with E-state index in [0.717, 1.165) is 26.2 Å². The van der Waals surface area contributed by atoms with Gasteiger partial charge in [0, 0.05) is 21.7 Å². The van der Waals surface area contributed by atoms with Gasteiger partial charge < -0.3 is 16.0 Å². The fourth-order valence-corrected chi connectivity index (χ4v) is 7.05. The Morgan fingerprint density at radius 2 is 1.57 bits per heavy atom. The third-order valence-corrected chi connectivity index (χ3v) is 9.83. The van der Waals surface area contributed by atoms with Crippen molar-refractivity contribution >= 4 is 79.5 Å². The van der Waals surface area contributed by atoms with Crippen LogP contribution < -0.4 is 16.0 Å². The van der Waals surface area contributed by atoms with Crippen LogP contribution in [-0.2, 0) is 9.59 Å². The molecule has 1 aromatic heterocycles. The number of thiazole rings is 1. The number of hydrogen-bond donors (Lipinski definition) is 3. The zero-order valence-corrected chi connectivity index (χ0v) is 28.3. The molecule has 1 unspecified atom stereocenters. The van der Waals surface area contributed by atoms with Gasteiger partial charge in [-0.05, 0) is 84.8 Å². The predicted molar refractivity (Wildman–Crippen MR) is 196 cm³/mol. The van der Waals surface area contributed by atoms with Crippen molar-refractivity contribution in [2.75, 3.05) is 10.6 Å². The molecule has 7 nitrogen and oxygen atoms in total. The molecule has 0 saturated carbocycles. The van der Waals surface area contributed by atoms with E-state index in [1.54, 1.807) is 54.6 Å². The molecule has 0 aliphatic heterocycles. The largest absolute Gasteiger partial charge is 0.321 e. The van der Waals surface area contributed by atoms with E-state index in [9.17, 15) is 18.8 Å². The van der Waals surface area contributed by atoms with E-state index in [4.69, 9.17) is 11.6 Å². The van der Waals surface area contributed by atoms with E-state index in [0.29, 0.717) is 16.4 Å². The molecule has 1 heterocycles. The second-order valence-electron chi connectivity index (χ2n) is 10.9. The predicted octanol–water partition coefficient (Wildman–Crippen LogP) is 9.28. The van der Waals surface area contributed by atoms with E-state index < -0.39 is 22.9 Å². The van der Waals surface area contributed by atoms with Crippen LogP contribution in [0.3, 0.4) is 0 Å². The van der Waals surface area contributed by atoms with Gasteiger partial charge in [-0.15, -0.1) is 11.8 Å². The lowest BCUT2D eigenvalue weighted by Crippen LogP contribution is -2.30. The number of amides is 3. The molecule has 1 atom stereocenters. The van der Waals surface area contributed by atoms with Crippen molar-refractivity contribution in [1.29, 1.82) is 0 Å². The summed E-state index contributed by atoms with van der Waals surface area (Å²) in [6, 6.07) is 34.8. The SMILES string of the molecule is Cc1ccc2nc(NC(=O)C(Sc3ccc(NC(=O)/C(=C/c4c(F)cccc4Cl)NC(=O)c4ccccc4)cc3)c3ccccc3)sc2c1. The van der Waals surface area contributed by atoms with E-state index in [1.165, 1.54) is 47.4 Å². The summed E-state index contributed by atoms with van der Waals surface area (Å²) < 4.78 is 15.7. The fourth-order valence-electron chi connectivity index (χ4n) is 4.84. The van der Waals surface area contributed by atoms with Gasteiger partial charge in [0.15, 0.2) is 5.13 Å². The monoisotopic (exact) mass is 706 g/mol. The number of nitrogens with zero attached hydrogens (tertiary/aromatic N) is 1. The van der Waals surface area contributed by atoms with Crippen molar-refractivity contribution in [2.24, 2.45) is 0 Å². The van der Waals surface area contributed by atoms with Crippen molar-refractivity contribution < 1.29 is 18.8 Å². The zero-order valence-electron chi connectivity index (χ0n) is 25.9. The van der Waals surface area contributed by atoms with Crippen molar-refractivity contribution in [2.45, 2.75) is 17.1 Å². The topological polar surface area (TPSA) is 100 Å². The number of fused-ring (bicyclic) bond motifs is 1. The van der Waals surface area contributed by atoms with Gasteiger partial charge in [0.1, 0.15) is 16.8 Å². The number of nitrogens with one attached hydrogen (secondary N) is 3. The van der Waals surface area contributed by atoms with Crippen molar-refractivity contribution in [3.8, 4) is 0 Å². The van der Waals surface area contributed by atoms with Gasteiger partial charge in [0.25, 0.3) is 11.8 Å². The first kappa shape index (κ1) is 33.6. The average molecular weight is 707 g/mol. The molecule has 49 heavy (non-hydrogen) atoms. The van der Waals surface area contributed by atoms with Crippen molar-refractivity contribution in [3.63, 3.8) is 0 Å². The van der Waals surface area contributed by atoms with E-state index in [2.05, 4.69) is 20.9 Å². The van der Waals surface area contributed by atoms with Gasteiger partial charge in [0.2, 0.25) is 5.91 Å². The molecule has 0 saturated heterocycles. The average Bonchev–Trinajstić information content (AvgIpc) is 3.50. The number of aryl methyl sites for hydroxylation is 1. The Morgan fingerprint density at radius 3 is 2.29 bits per heavy atom. The van der Waals surface area contributed by atoms with Gasteiger partial charge in [0.05, 0.1) is 15.2 Å². The summed E-state index contributed by atoms with van der Waals surface area (Å²) in [6.07, 6.45) is 1.20. The number of benzene rings is 5. The number of rotatable bonds is 10. The third kappa shape index (κ3) is 8.42. The Balaban J connectivity index is 1.20. The lowest BCUT2D eigenvalue weighted by atomic mass is 10.1. The van der Waals surface area contributed by atoms with Crippen LogP contribution in [-0.4, -0.2) is 22.7 Å². The molecule has 11 heteroatoms. The number of aromatic nitrogens is 1. The standard InChI is InChI=1S/C38H28ClFN4O3S2/c1-23-15-20-31-33(21-23)49-38(43-31)44-37(47)34(24-9-4-2-5-10-24)48-27-18-16-26(17-19-27)41-36(46)32(22-28-29(39)13-8-14-30(28)40)42-35(45)25-11-6-3-7-12-25/h2-22,34H,1H3,(H,41,46)(H,42,45)(H,43,44,47)/b32-22-. The van der Waals surface area contributed by atoms with Crippen LogP contribution in [0.2, 0.25) is 5.02 Å². The van der Waals surface area contributed by atoms with Crippen molar-refractivity contribution in [3.05, 3.63) is 160 Å². The molecule has 0 bridgehead atoms. The Hall–Kier alpha value is -5.29. The van der Waals surface area contributed by atoms with Crippen LogP contribution in [0.1, 0.15) is 32.3 Å². The summed E-state index contributed by atoms with van der Waals surface area (Å²) in [4.78, 5) is 45.4. The van der Waals surface area contributed by atoms with Crippen LogP contribution >= 0.6 is 34.7 Å².